The zero-order chi connectivity index (χ0) is 22.0. The molecule has 0 saturated carbocycles. The first-order valence-electron chi connectivity index (χ1n) is 9.87. The molecule has 31 heavy (non-hydrogen) atoms. The van der Waals surface area contributed by atoms with Crippen molar-refractivity contribution in [2.24, 2.45) is 0 Å². The van der Waals surface area contributed by atoms with Crippen LogP contribution in [0.5, 0.6) is 0 Å². The normalized spacial score (nSPS) is 16.0. The summed E-state index contributed by atoms with van der Waals surface area (Å²) in [5, 5.41) is 11.0. The molecule has 0 N–H and O–H groups in total. The van der Waals surface area contributed by atoms with Crippen LogP contribution in [-0.2, 0) is 27.3 Å². The van der Waals surface area contributed by atoms with Gasteiger partial charge in [0.2, 0.25) is 0 Å². The van der Waals surface area contributed by atoms with Gasteiger partial charge in [-0.2, -0.15) is 8.42 Å². The van der Waals surface area contributed by atoms with E-state index < -0.39 is 15.0 Å². The first kappa shape index (κ1) is 21.0. The summed E-state index contributed by atoms with van der Waals surface area (Å²) in [6.07, 6.45) is 0.608. The van der Waals surface area contributed by atoms with Gasteiger partial charge in [0, 0.05) is 24.4 Å². The molecule has 1 unspecified atom stereocenters. The number of benzene rings is 3. The number of nitro groups is 1. The van der Waals surface area contributed by atoms with Gasteiger partial charge in [-0.3, -0.25) is 14.3 Å². The van der Waals surface area contributed by atoms with Crippen LogP contribution in [0.15, 0.2) is 77.7 Å². The highest BCUT2D eigenvalue weighted by Crippen LogP contribution is 2.30. The van der Waals surface area contributed by atoms with Crippen molar-refractivity contribution in [2.75, 3.05) is 11.5 Å². The Morgan fingerprint density at radius 1 is 1.00 bits per heavy atom. The third-order valence-electron chi connectivity index (χ3n) is 5.47. The van der Waals surface area contributed by atoms with Crippen molar-refractivity contribution < 1.29 is 17.5 Å². The predicted octanol–water partition coefficient (Wildman–Crippen LogP) is 4.24. The summed E-state index contributed by atoms with van der Waals surface area (Å²) in [5.74, 6) is 0. The molecule has 0 spiro atoms. The van der Waals surface area contributed by atoms with Gasteiger partial charge in [0.15, 0.2) is 0 Å². The van der Waals surface area contributed by atoms with Crippen LogP contribution in [0.1, 0.15) is 16.7 Å². The Balaban J connectivity index is 1.59. The predicted molar refractivity (Wildman–Crippen MR) is 118 cm³/mol. The van der Waals surface area contributed by atoms with Crippen molar-refractivity contribution in [3.8, 4) is 0 Å². The zero-order valence-electron chi connectivity index (χ0n) is 17.0. The fourth-order valence-electron chi connectivity index (χ4n) is 3.75. The van der Waals surface area contributed by atoms with E-state index in [1.807, 2.05) is 36.1 Å². The molecule has 0 amide bonds. The Morgan fingerprint density at radius 3 is 2.29 bits per heavy atom. The van der Waals surface area contributed by atoms with Crippen molar-refractivity contribution >= 4 is 21.5 Å². The van der Waals surface area contributed by atoms with E-state index in [0.717, 1.165) is 22.4 Å². The Bertz CT molecular complexity index is 1190. The summed E-state index contributed by atoms with van der Waals surface area (Å²) in [5.41, 5.74) is 4.03. The molecule has 0 aliphatic carbocycles. The lowest BCUT2D eigenvalue weighted by atomic mass is 9.94. The molecule has 1 heterocycles. The first-order chi connectivity index (χ1) is 14.8. The van der Waals surface area contributed by atoms with Crippen molar-refractivity contribution in [3.63, 3.8) is 0 Å². The molecule has 4 rings (SSSR count). The summed E-state index contributed by atoms with van der Waals surface area (Å²) in [4.78, 5) is 12.7. The van der Waals surface area contributed by atoms with Crippen LogP contribution in [0.3, 0.4) is 0 Å². The van der Waals surface area contributed by atoms with Gasteiger partial charge in [-0.1, -0.05) is 42.0 Å². The largest absolute Gasteiger partial charge is 0.361 e. The van der Waals surface area contributed by atoms with E-state index >= 15 is 0 Å². The number of nitro benzene ring substituents is 1. The molecule has 160 valence electrons. The highest BCUT2D eigenvalue weighted by molar-refractivity contribution is 7.86. The maximum absolute atomic E-state index is 12.7. The maximum Gasteiger partial charge on any atom is 0.297 e. The number of nitrogens with zero attached hydrogens (tertiary/aromatic N) is 2. The van der Waals surface area contributed by atoms with Crippen molar-refractivity contribution in [3.05, 3.63) is 99.6 Å². The number of aryl methyl sites for hydroxylation is 1. The summed E-state index contributed by atoms with van der Waals surface area (Å²) in [6.45, 7) is 2.42. The Kier molecular flexibility index (Phi) is 5.75. The fraction of sp³-hybridized carbons (Fsp3) is 0.217. The van der Waals surface area contributed by atoms with Crippen LogP contribution in [0.4, 0.5) is 11.4 Å². The SMILES string of the molecule is Cc1ccc(S(=O)(=O)OCC2Cc3ccccc3CN2c2ccc([N+](=O)[O-])cc2)cc1. The van der Waals surface area contributed by atoms with Crippen LogP contribution < -0.4 is 4.90 Å². The van der Waals surface area contributed by atoms with Crippen LogP contribution in [0, 0.1) is 17.0 Å². The summed E-state index contributed by atoms with van der Waals surface area (Å²) in [7, 11) is -3.89. The summed E-state index contributed by atoms with van der Waals surface area (Å²) >= 11 is 0. The number of hydrogen-bond donors (Lipinski definition) is 0. The van der Waals surface area contributed by atoms with E-state index in [1.54, 1.807) is 24.3 Å². The standard InChI is InChI=1S/C23H22N2O5S/c1-17-6-12-23(13-7-17)31(28,29)30-16-22-14-18-4-2-3-5-19(18)15-24(22)20-8-10-21(11-9-20)25(26)27/h2-13,22H,14-16H2,1H3. The molecular weight excluding hydrogens is 416 g/mol. The molecular formula is C23H22N2O5S. The average Bonchev–Trinajstić information content (AvgIpc) is 2.77. The molecule has 0 radical (unpaired) electrons. The third-order valence-corrected chi connectivity index (χ3v) is 6.77. The fourth-order valence-corrected chi connectivity index (χ4v) is 4.69. The number of anilines is 1. The Morgan fingerprint density at radius 2 is 1.65 bits per heavy atom. The van der Waals surface area contributed by atoms with Gasteiger partial charge < -0.3 is 4.90 Å². The molecule has 3 aromatic rings. The third kappa shape index (κ3) is 4.60. The first-order valence-corrected chi connectivity index (χ1v) is 11.3. The Labute approximate surface area is 181 Å². The van der Waals surface area contributed by atoms with Crippen molar-refractivity contribution in [1.82, 2.24) is 0 Å². The molecule has 0 saturated heterocycles. The monoisotopic (exact) mass is 438 g/mol. The second-order valence-electron chi connectivity index (χ2n) is 7.58. The minimum Gasteiger partial charge on any atom is -0.361 e. The molecule has 3 aromatic carbocycles. The average molecular weight is 439 g/mol. The Hall–Kier alpha value is -3.23. The number of rotatable bonds is 6. The quantitative estimate of drug-likeness (QED) is 0.325. The molecule has 1 aliphatic rings. The molecule has 7 nitrogen and oxygen atoms in total. The lowest BCUT2D eigenvalue weighted by Crippen LogP contribution is -2.44. The van der Waals surface area contributed by atoms with Gasteiger partial charge in [0.05, 0.1) is 22.5 Å². The van der Waals surface area contributed by atoms with E-state index in [9.17, 15) is 18.5 Å². The van der Waals surface area contributed by atoms with Gasteiger partial charge in [0.1, 0.15) is 0 Å². The van der Waals surface area contributed by atoms with Gasteiger partial charge >= 0.3 is 0 Å². The summed E-state index contributed by atoms with van der Waals surface area (Å²) < 4.78 is 30.8. The lowest BCUT2D eigenvalue weighted by Gasteiger charge is -2.38. The van der Waals surface area contributed by atoms with E-state index in [2.05, 4.69) is 0 Å². The van der Waals surface area contributed by atoms with E-state index in [4.69, 9.17) is 4.18 Å². The van der Waals surface area contributed by atoms with E-state index in [-0.39, 0.29) is 23.2 Å². The number of hydrogen-bond acceptors (Lipinski definition) is 6. The van der Waals surface area contributed by atoms with Gasteiger partial charge in [-0.05, 0) is 48.7 Å². The van der Waals surface area contributed by atoms with Gasteiger partial charge in [-0.25, -0.2) is 0 Å². The van der Waals surface area contributed by atoms with Crippen LogP contribution in [0.25, 0.3) is 0 Å². The topological polar surface area (TPSA) is 89.8 Å². The second kappa shape index (κ2) is 8.49. The van der Waals surface area contributed by atoms with E-state index in [0.29, 0.717) is 13.0 Å². The minimum absolute atomic E-state index is 0.0101. The van der Waals surface area contributed by atoms with Crippen LogP contribution in [-0.4, -0.2) is 26.0 Å². The van der Waals surface area contributed by atoms with Gasteiger partial charge in [0.25, 0.3) is 15.8 Å². The second-order valence-corrected chi connectivity index (χ2v) is 9.20. The zero-order valence-corrected chi connectivity index (χ0v) is 17.8. The molecule has 0 bridgehead atoms. The maximum atomic E-state index is 12.7. The molecule has 0 aromatic heterocycles. The molecule has 0 fully saturated rings. The van der Waals surface area contributed by atoms with Crippen LogP contribution >= 0.6 is 0 Å². The van der Waals surface area contributed by atoms with Crippen LogP contribution in [0.2, 0.25) is 0 Å². The minimum atomic E-state index is -3.89. The number of non-ortho nitro benzene ring substituents is 1. The van der Waals surface area contributed by atoms with Crippen molar-refractivity contribution in [1.29, 1.82) is 0 Å². The van der Waals surface area contributed by atoms with E-state index in [1.165, 1.54) is 24.3 Å². The highest BCUT2D eigenvalue weighted by atomic mass is 32.2. The van der Waals surface area contributed by atoms with Gasteiger partial charge in [-0.15, -0.1) is 0 Å². The lowest BCUT2D eigenvalue weighted by molar-refractivity contribution is -0.384. The molecule has 1 atom stereocenters. The van der Waals surface area contributed by atoms with Crippen molar-refractivity contribution in [2.45, 2.75) is 30.8 Å². The summed E-state index contributed by atoms with van der Waals surface area (Å²) in [6, 6.07) is 20.6. The highest BCUT2D eigenvalue weighted by Gasteiger charge is 2.29. The smallest absolute Gasteiger partial charge is 0.297 e. The molecule has 1 aliphatic heterocycles. The molecule has 8 heteroatoms. The number of fused-ring (bicyclic) bond motifs is 1.